The van der Waals surface area contributed by atoms with Gasteiger partial charge in [0.25, 0.3) is 0 Å². The van der Waals surface area contributed by atoms with Crippen molar-refractivity contribution < 1.29 is 9.59 Å². The van der Waals surface area contributed by atoms with E-state index < -0.39 is 0 Å². The van der Waals surface area contributed by atoms with E-state index in [-0.39, 0.29) is 11.7 Å². The SMILES string of the molecule is CC(=O)CN1C2CCC1CC(CC(=O)NC1CC3CCCC(C3)C1)C2. The van der Waals surface area contributed by atoms with Crippen LogP contribution in [0.15, 0.2) is 0 Å². The van der Waals surface area contributed by atoms with E-state index in [1.165, 1.54) is 51.4 Å². The molecule has 4 atom stereocenters. The number of amides is 1. The van der Waals surface area contributed by atoms with Gasteiger partial charge in [-0.05, 0) is 69.6 Å². The fraction of sp³-hybridized carbons (Fsp3) is 0.905. The van der Waals surface area contributed by atoms with Crippen LogP contribution in [0.1, 0.15) is 77.6 Å². The predicted octanol–water partition coefficient (Wildman–Crippen LogP) is 3.29. The maximum atomic E-state index is 12.6. The van der Waals surface area contributed by atoms with Crippen LogP contribution >= 0.6 is 0 Å². The number of carbonyl (C=O) groups is 2. The Bertz CT molecular complexity index is 494. The fourth-order valence-electron chi connectivity index (χ4n) is 6.47. The summed E-state index contributed by atoms with van der Waals surface area (Å²) < 4.78 is 0. The van der Waals surface area contributed by atoms with E-state index >= 15 is 0 Å². The van der Waals surface area contributed by atoms with Gasteiger partial charge in [0.2, 0.25) is 5.91 Å². The third-order valence-corrected chi connectivity index (χ3v) is 7.35. The average molecular weight is 347 g/mol. The zero-order chi connectivity index (χ0) is 17.4. The number of piperidine rings is 1. The molecule has 2 saturated heterocycles. The summed E-state index contributed by atoms with van der Waals surface area (Å²) in [5.41, 5.74) is 0. The van der Waals surface area contributed by atoms with Crippen LogP contribution in [-0.4, -0.2) is 41.3 Å². The molecular formula is C21H34N2O2. The van der Waals surface area contributed by atoms with E-state index in [1.54, 1.807) is 6.92 Å². The van der Waals surface area contributed by atoms with Crippen LogP contribution in [0.2, 0.25) is 0 Å². The highest BCUT2D eigenvalue weighted by Crippen LogP contribution is 2.41. The van der Waals surface area contributed by atoms with Crippen molar-refractivity contribution in [3.8, 4) is 0 Å². The molecule has 4 aliphatic rings. The number of carbonyl (C=O) groups excluding carboxylic acids is 2. The molecule has 4 nitrogen and oxygen atoms in total. The second kappa shape index (κ2) is 7.38. The van der Waals surface area contributed by atoms with Crippen molar-refractivity contribution in [3.63, 3.8) is 0 Å². The molecule has 4 rings (SSSR count). The van der Waals surface area contributed by atoms with E-state index in [0.29, 0.717) is 37.0 Å². The molecule has 4 bridgehead atoms. The molecule has 2 heterocycles. The number of nitrogens with zero attached hydrogens (tertiary/aromatic N) is 1. The molecule has 0 spiro atoms. The topological polar surface area (TPSA) is 49.4 Å². The van der Waals surface area contributed by atoms with Crippen molar-refractivity contribution in [2.24, 2.45) is 17.8 Å². The minimum atomic E-state index is 0.274. The van der Waals surface area contributed by atoms with Crippen LogP contribution in [-0.2, 0) is 9.59 Å². The summed E-state index contributed by atoms with van der Waals surface area (Å²) in [6, 6.07) is 1.51. The number of Topliss-reactive ketones (excluding diaryl/α,β-unsaturated/α-hetero) is 1. The molecule has 1 amide bonds. The third-order valence-electron chi connectivity index (χ3n) is 7.35. The van der Waals surface area contributed by atoms with Crippen molar-refractivity contribution >= 4 is 11.7 Å². The molecule has 140 valence electrons. The minimum absolute atomic E-state index is 0.274. The summed E-state index contributed by atoms with van der Waals surface area (Å²) in [6.45, 7) is 2.30. The normalized spacial score (nSPS) is 40.7. The minimum Gasteiger partial charge on any atom is -0.353 e. The van der Waals surface area contributed by atoms with E-state index in [0.717, 1.165) is 24.7 Å². The fourth-order valence-corrected chi connectivity index (χ4v) is 6.47. The van der Waals surface area contributed by atoms with Crippen LogP contribution in [0, 0.1) is 17.8 Å². The van der Waals surface area contributed by atoms with Gasteiger partial charge < -0.3 is 5.32 Å². The number of hydrogen-bond acceptors (Lipinski definition) is 3. The van der Waals surface area contributed by atoms with E-state index in [4.69, 9.17) is 0 Å². The van der Waals surface area contributed by atoms with Gasteiger partial charge in [-0.2, -0.15) is 0 Å². The molecule has 4 heteroatoms. The summed E-state index contributed by atoms with van der Waals surface area (Å²) in [6.07, 6.45) is 13.3. The highest BCUT2D eigenvalue weighted by molar-refractivity contribution is 5.78. The average Bonchev–Trinajstić information content (AvgIpc) is 2.77. The smallest absolute Gasteiger partial charge is 0.220 e. The van der Waals surface area contributed by atoms with Crippen LogP contribution in [0.25, 0.3) is 0 Å². The van der Waals surface area contributed by atoms with Gasteiger partial charge >= 0.3 is 0 Å². The molecule has 2 saturated carbocycles. The quantitative estimate of drug-likeness (QED) is 0.831. The van der Waals surface area contributed by atoms with Crippen LogP contribution in [0.5, 0.6) is 0 Å². The van der Waals surface area contributed by atoms with Gasteiger partial charge in [-0.3, -0.25) is 14.5 Å². The zero-order valence-electron chi connectivity index (χ0n) is 15.7. The van der Waals surface area contributed by atoms with Crippen molar-refractivity contribution in [1.29, 1.82) is 0 Å². The Labute approximate surface area is 152 Å². The molecule has 25 heavy (non-hydrogen) atoms. The summed E-state index contributed by atoms with van der Waals surface area (Å²) >= 11 is 0. The first kappa shape index (κ1) is 17.5. The number of hydrogen-bond donors (Lipinski definition) is 1. The van der Waals surface area contributed by atoms with Crippen LogP contribution in [0.4, 0.5) is 0 Å². The lowest BCUT2D eigenvalue weighted by atomic mass is 9.70. The third kappa shape index (κ3) is 4.10. The Morgan fingerprint density at radius 3 is 2.16 bits per heavy atom. The van der Waals surface area contributed by atoms with E-state index in [2.05, 4.69) is 10.2 Å². The van der Waals surface area contributed by atoms with Crippen LogP contribution < -0.4 is 5.32 Å². The summed E-state index contributed by atoms with van der Waals surface area (Å²) in [4.78, 5) is 26.5. The maximum Gasteiger partial charge on any atom is 0.220 e. The Kier molecular flexibility index (Phi) is 5.17. The lowest BCUT2D eigenvalue weighted by molar-refractivity contribution is -0.124. The monoisotopic (exact) mass is 346 g/mol. The van der Waals surface area contributed by atoms with Crippen molar-refractivity contribution in [2.75, 3.05) is 6.54 Å². The standard InChI is InChI=1S/C21H34N2O2/c1-14(24)13-23-19-5-6-20(23)11-17(10-19)12-21(25)22-18-8-15-3-2-4-16(7-15)9-18/h15-20H,2-13H2,1H3,(H,22,25). The zero-order valence-corrected chi connectivity index (χ0v) is 15.7. The number of nitrogens with one attached hydrogen (secondary N) is 1. The highest BCUT2D eigenvalue weighted by atomic mass is 16.1. The van der Waals surface area contributed by atoms with Gasteiger partial charge in [-0.1, -0.05) is 19.3 Å². The van der Waals surface area contributed by atoms with Crippen molar-refractivity contribution in [1.82, 2.24) is 10.2 Å². The van der Waals surface area contributed by atoms with Gasteiger partial charge in [0.15, 0.2) is 0 Å². The summed E-state index contributed by atoms with van der Waals surface area (Å²) in [5.74, 6) is 2.81. The van der Waals surface area contributed by atoms with Crippen LogP contribution in [0.3, 0.4) is 0 Å². The van der Waals surface area contributed by atoms with Gasteiger partial charge in [0, 0.05) is 24.5 Å². The summed E-state index contributed by atoms with van der Waals surface area (Å²) in [5, 5.41) is 3.38. The lowest BCUT2D eigenvalue weighted by Crippen LogP contribution is -2.47. The van der Waals surface area contributed by atoms with Gasteiger partial charge in [0.05, 0.1) is 6.54 Å². The number of fused-ring (bicyclic) bond motifs is 4. The molecule has 0 aromatic carbocycles. The van der Waals surface area contributed by atoms with Crippen molar-refractivity contribution in [3.05, 3.63) is 0 Å². The predicted molar refractivity (Wildman–Crippen MR) is 98.2 cm³/mol. The molecule has 0 aromatic heterocycles. The van der Waals surface area contributed by atoms with Gasteiger partial charge in [-0.15, -0.1) is 0 Å². The first-order valence-electron chi connectivity index (χ1n) is 10.6. The molecule has 2 aliphatic heterocycles. The number of rotatable bonds is 5. The largest absolute Gasteiger partial charge is 0.353 e. The molecular weight excluding hydrogens is 312 g/mol. The first-order valence-corrected chi connectivity index (χ1v) is 10.6. The van der Waals surface area contributed by atoms with E-state index in [1.807, 2.05) is 0 Å². The van der Waals surface area contributed by atoms with Crippen molar-refractivity contribution in [2.45, 2.75) is 95.7 Å². The lowest BCUT2D eigenvalue weighted by Gasteiger charge is -2.40. The Hall–Kier alpha value is -0.900. The molecule has 0 aromatic rings. The number of ketones is 1. The van der Waals surface area contributed by atoms with Gasteiger partial charge in [0.1, 0.15) is 5.78 Å². The molecule has 4 fully saturated rings. The Morgan fingerprint density at radius 1 is 0.920 bits per heavy atom. The molecule has 0 radical (unpaired) electrons. The second-order valence-electron chi connectivity index (χ2n) is 9.44. The highest BCUT2D eigenvalue weighted by Gasteiger charge is 2.41. The Balaban J connectivity index is 1.26. The summed E-state index contributed by atoms with van der Waals surface area (Å²) in [7, 11) is 0. The Morgan fingerprint density at radius 2 is 1.56 bits per heavy atom. The maximum absolute atomic E-state index is 12.6. The second-order valence-corrected chi connectivity index (χ2v) is 9.44. The first-order chi connectivity index (χ1) is 12.1. The molecule has 2 aliphatic carbocycles. The molecule has 1 N–H and O–H groups in total. The van der Waals surface area contributed by atoms with Gasteiger partial charge in [-0.25, -0.2) is 0 Å². The molecule has 4 unspecified atom stereocenters. The van der Waals surface area contributed by atoms with E-state index in [9.17, 15) is 9.59 Å².